The molecule has 2 aromatic rings. The van der Waals surface area contributed by atoms with Crippen LogP contribution >= 0.6 is 0 Å². The summed E-state index contributed by atoms with van der Waals surface area (Å²) in [5.74, 6) is 0.349. The lowest BCUT2D eigenvalue weighted by molar-refractivity contribution is -0.117. The maximum Gasteiger partial charge on any atom is 0.246 e. The van der Waals surface area contributed by atoms with Crippen molar-refractivity contribution >= 4 is 20.0 Å². The molecule has 186 valence electrons. The lowest BCUT2D eigenvalue weighted by atomic mass is 9.95. The van der Waals surface area contributed by atoms with E-state index in [1.807, 2.05) is 23.2 Å². The third-order valence-corrected chi connectivity index (χ3v) is 9.79. The van der Waals surface area contributed by atoms with Gasteiger partial charge in [-0.15, -0.1) is 5.10 Å². The van der Waals surface area contributed by atoms with Crippen molar-refractivity contribution in [2.75, 3.05) is 18.1 Å². The molecule has 3 heterocycles. The van der Waals surface area contributed by atoms with Crippen LogP contribution in [-0.4, -0.2) is 59.8 Å². The summed E-state index contributed by atoms with van der Waals surface area (Å²) in [5.41, 5.74) is 2.85. The predicted octanol–water partition coefficient (Wildman–Crippen LogP) is 3.91. The fraction of sp³-hybridized carbons (Fsp3) is 0.640. The zero-order valence-corrected chi connectivity index (χ0v) is 21.5. The Morgan fingerprint density at radius 3 is 2.76 bits per heavy atom. The Bertz CT molecular complexity index is 979. The van der Waals surface area contributed by atoms with Gasteiger partial charge in [0.05, 0.1) is 17.9 Å². The van der Waals surface area contributed by atoms with E-state index in [1.165, 1.54) is 5.56 Å². The Hall–Kier alpha value is -2.10. The fourth-order valence-corrected chi connectivity index (χ4v) is 8.29. The van der Waals surface area contributed by atoms with Gasteiger partial charge in [-0.05, 0) is 62.4 Å². The molecular weight excluding hydrogens is 451 g/mol. The third kappa shape index (κ3) is 5.75. The van der Waals surface area contributed by atoms with Gasteiger partial charge in [-0.25, -0.2) is 0 Å². The maximum atomic E-state index is 15.4. The highest BCUT2D eigenvalue weighted by Gasteiger charge is 2.50. The molecule has 2 fully saturated rings. The van der Waals surface area contributed by atoms with Crippen LogP contribution in [0.1, 0.15) is 43.9 Å². The number of aliphatic hydroxyl groups excluding tert-OH is 1. The Balaban J connectivity index is 1.38. The Kier molecular flexibility index (Phi) is 7.84. The minimum Gasteiger partial charge on any atom is -0.396 e. The molecule has 0 bridgehead atoms. The van der Waals surface area contributed by atoms with Crippen molar-refractivity contribution in [2.24, 2.45) is 5.92 Å². The summed E-state index contributed by atoms with van der Waals surface area (Å²) in [5, 5.41) is 17.3. The molecule has 0 spiro atoms. The van der Waals surface area contributed by atoms with Crippen LogP contribution in [0.3, 0.4) is 0 Å². The van der Waals surface area contributed by atoms with Gasteiger partial charge in [-0.1, -0.05) is 24.3 Å². The normalized spacial score (nSPS) is 25.4. The van der Waals surface area contributed by atoms with Gasteiger partial charge in [0, 0.05) is 50.0 Å². The van der Waals surface area contributed by atoms with Crippen LogP contribution in [0.2, 0.25) is 18.6 Å². The number of amides is 1. The topological polar surface area (TPSA) is 80.5 Å². The van der Waals surface area contributed by atoms with Crippen LogP contribution < -0.4 is 4.90 Å². The molecule has 1 aromatic heterocycles. The van der Waals surface area contributed by atoms with Gasteiger partial charge in [-0.3, -0.25) is 9.48 Å². The van der Waals surface area contributed by atoms with E-state index >= 15 is 4.11 Å². The minimum atomic E-state index is -2.93. The fourth-order valence-electron chi connectivity index (χ4n) is 5.70. The third-order valence-electron chi connectivity index (χ3n) is 7.31. The summed E-state index contributed by atoms with van der Waals surface area (Å²) in [6.07, 6.45) is 6.12. The van der Waals surface area contributed by atoms with E-state index in [0.717, 1.165) is 37.2 Å². The van der Waals surface area contributed by atoms with Crippen LogP contribution in [0.15, 0.2) is 30.5 Å². The van der Waals surface area contributed by atoms with Crippen LogP contribution in [0, 0.1) is 5.92 Å². The summed E-state index contributed by atoms with van der Waals surface area (Å²) in [4.78, 5) is 14.0. The number of aliphatic hydroxyl groups is 1. The molecule has 4 atom stereocenters. The highest BCUT2D eigenvalue weighted by atomic mass is 28.4. The van der Waals surface area contributed by atoms with Crippen LogP contribution in [0.4, 0.5) is 9.80 Å². The van der Waals surface area contributed by atoms with E-state index in [4.69, 9.17) is 9.84 Å². The van der Waals surface area contributed by atoms with Gasteiger partial charge in [0.1, 0.15) is 0 Å². The first-order valence-corrected chi connectivity index (χ1v) is 15.5. The molecule has 0 radical (unpaired) electrons. The van der Waals surface area contributed by atoms with Crippen molar-refractivity contribution in [3.63, 3.8) is 0 Å². The molecular formula is C25H37FN4O3Si. The van der Waals surface area contributed by atoms with Crippen LogP contribution in [0.5, 0.6) is 0 Å². The average Bonchev–Trinajstić information content (AvgIpc) is 3.50. The number of hydrogen-bond acceptors (Lipinski definition) is 5. The molecule has 1 amide bonds. The largest absolute Gasteiger partial charge is 0.396 e. The molecule has 0 saturated carbocycles. The number of carbonyl (C=O) groups excluding carboxylic acids is 1. The Labute approximate surface area is 202 Å². The van der Waals surface area contributed by atoms with Gasteiger partial charge in [0.15, 0.2) is 0 Å². The molecule has 9 heteroatoms. The number of hydrogen-bond donors (Lipinski definition) is 1. The van der Waals surface area contributed by atoms with Crippen molar-refractivity contribution in [3.05, 3.63) is 41.7 Å². The standard InChI is InChI=1S/C25H37FN4O3Si/c1-18-22(10-9-19-6-4-7-21(16-19)30-13-5-8-24(30)32)33-23(25(18)34(2,3)26)11-14-29-17-20(12-15-31)27-28-29/h4,6-7,16-18,22-23,25,31H,5,8-15H2,1-3H3/t18-,22+,23-,25+/m0/s1. The van der Waals surface area contributed by atoms with E-state index in [9.17, 15) is 4.79 Å². The Morgan fingerprint density at radius 2 is 2.06 bits per heavy atom. The van der Waals surface area contributed by atoms with Crippen molar-refractivity contribution in [1.29, 1.82) is 0 Å². The molecule has 2 saturated heterocycles. The zero-order valence-electron chi connectivity index (χ0n) is 20.5. The van der Waals surface area contributed by atoms with Crippen LogP contribution in [-0.2, 0) is 28.9 Å². The number of carbonyl (C=O) groups is 1. The highest BCUT2D eigenvalue weighted by Crippen LogP contribution is 2.47. The summed E-state index contributed by atoms with van der Waals surface area (Å²) < 4.78 is 23.6. The molecule has 4 rings (SSSR count). The van der Waals surface area contributed by atoms with Gasteiger partial charge in [-0.2, -0.15) is 0 Å². The van der Waals surface area contributed by atoms with E-state index in [-0.39, 0.29) is 36.2 Å². The van der Waals surface area contributed by atoms with E-state index in [0.29, 0.717) is 25.8 Å². The summed E-state index contributed by atoms with van der Waals surface area (Å²) >= 11 is 0. The molecule has 0 aliphatic carbocycles. The van der Waals surface area contributed by atoms with Gasteiger partial charge in [0.2, 0.25) is 14.3 Å². The second-order valence-corrected chi connectivity index (χ2v) is 14.1. The first-order valence-electron chi connectivity index (χ1n) is 12.5. The lowest BCUT2D eigenvalue weighted by Gasteiger charge is -2.28. The quantitative estimate of drug-likeness (QED) is 0.405. The highest BCUT2D eigenvalue weighted by molar-refractivity contribution is 6.72. The number of rotatable bonds is 10. The smallest absolute Gasteiger partial charge is 0.246 e. The molecule has 0 unspecified atom stereocenters. The maximum absolute atomic E-state index is 15.4. The van der Waals surface area contributed by atoms with E-state index in [1.54, 1.807) is 17.8 Å². The minimum absolute atomic E-state index is 0.00953. The average molecular weight is 489 g/mol. The summed E-state index contributed by atoms with van der Waals surface area (Å²) in [6, 6.07) is 8.23. The zero-order chi connectivity index (χ0) is 24.3. The first-order chi connectivity index (χ1) is 16.3. The van der Waals surface area contributed by atoms with Crippen molar-refractivity contribution in [3.8, 4) is 0 Å². The second kappa shape index (κ2) is 10.7. The molecule has 1 N–H and O–H groups in total. The number of halogens is 1. The second-order valence-electron chi connectivity index (χ2n) is 10.3. The molecule has 34 heavy (non-hydrogen) atoms. The Morgan fingerprint density at radius 1 is 1.24 bits per heavy atom. The van der Waals surface area contributed by atoms with Gasteiger partial charge >= 0.3 is 0 Å². The van der Waals surface area contributed by atoms with E-state index in [2.05, 4.69) is 29.4 Å². The predicted molar refractivity (Wildman–Crippen MR) is 132 cm³/mol. The summed E-state index contributed by atoms with van der Waals surface area (Å²) in [6.45, 7) is 7.17. The number of benzene rings is 1. The van der Waals surface area contributed by atoms with Crippen molar-refractivity contribution < 1.29 is 18.7 Å². The van der Waals surface area contributed by atoms with Crippen molar-refractivity contribution in [1.82, 2.24) is 15.0 Å². The monoisotopic (exact) mass is 488 g/mol. The number of ether oxygens (including phenoxy) is 1. The number of nitrogens with zero attached hydrogens (tertiary/aromatic N) is 4. The van der Waals surface area contributed by atoms with Crippen LogP contribution in [0.25, 0.3) is 0 Å². The first kappa shape index (κ1) is 25.0. The van der Waals surface area contributed by atoms with Gasteiger partial charge < -0.3 is 18.9 Å². The molecule has 1 aromatic carbocycles. The van der Waals surface area contributed by atoms with Crippen molar-refractivity contribution in [2.45, 2.75) is 82.8 Å². The SMILES string of the molecule is C[C@@H]1[C@@H]([Si](C)(C)F)[C@H](CCn2cc(CCO)nn2)O[C@@H]1CCc1cccc(N2CCCC2=O)c1. The molecule has 2 aliphatic heterocycles. The van der Waals surface area contributed by atoms with E-state index < -0.39 is 8.41 Å². The number of aryl methyl sites for hydroxylation is 2. The number of aromatic nitrogens is 3. The molecule has 7 nitrogen and oxygen atoms in total. The molecule has 2 aliphatic rings. The number of anilines is 1. The summed E-state index contributed by atoms with van der Waals surface area (Å²) in [7, 11) is -2.93. The lowest BCUT2D eigenvalue weighted by Crippen LogP contribution is -2.36. The van der Waals surface area contributed by atoms with Gasteiger partial charge in [0.25, 0.3) is 0 Å².